The third kappa shape index (κ3) is 5.71. The minimum absolute atomic E-state index is 0.0544. The predicted octanol–water partition coefficient (Wildman–Crippen LogP) is 4.75. The van der Waals surface area contributed by atoms with Gasteiger partial charge in [0.15, 0.2) is 0 Å². The van der Waals surface area contributed by atoms with E-state index in [1.165, 1.54) is 48.0 Å². The Hall–Kier alpha value is -4.02. The average molecular weight is 549 g/mol. The van der Waals surface area contributed by atoms with Gasteiger partial charge in [0, 0.05) is 24.8 Å². The molecule has 4 aromatic rings. The maximum Gasteiger partial charge on any atom is 0.240 e. The molecule has 0 radical (unpaired) electrons. The Kier molecular flexibility index (Phi) is 8.04. The number of carbonyl (C=O) groups excluding carboxylic acids is 2. The van der Waals surface area contributed by atoms with E-state index in [1.807, 2.05) is 36.4 Å². The molecule has 1 aromatic heterocycles. The Labute approximate surface area is 228 Å². The molecule has 7 nitrogen and oxygen atoms in total. The van der Waals surface area contributed by atoms with E-state index < -0.39 is 16.9 Å². The zero-order valence-corrected chi connectivity index (χ0v) is 22.0. The lowest BCUT2D eigenvalue weighted by Crippen LogP contribution is -2.43. The van der Waals surface area contributed by atoms with Gasteiger partial charge in [-0.3, -0.25) is 14.5 Å². The van der Waals surface area contributed by atoms with Crippen LogP contribution in [0.25, 0.3) is 16.9 Å². The summed E-state index contributed by atoms with van der Waals surface area (Å²) in [5.41, 5.74) is 3.21. The summed E-state index contributed by atoms with van der Waals surface area (Å²) in [6.07, 6.45) is 0. The van der Waals surface area contributed by atoms with Gasteiger partial charge in [-0.05, 0) is 42.0 Å². The smallest absolute Gasteiger partial charge is 0.240 e. The van der Waals surface area contributed by atoms with E-state index in [0.717, 1.165) is 5.56 Å². The molecule has 10 heteroatoms. The molecule has 2 amide bonds. The number of hydrogen-bond donors (Lipinski definition) is 1. The molecule has 0 unspecified atom stereocenters. The number of hydrogen-bond acceptors (Lipinski definition) is 5. The van der Waals surface area contributed by atoms with Crippen LogP contribution in [-0.2, 0) is 14.3 Å². The summed E-state index contributed by atoms with van der Waals surface area (Å²) < 4.78 is 34.8. The van der Waals surface area contributed by atoms with Crippen molar-refractivity contribution in [3.8, 4) is 16.9 Å². The summed E-state index contributed by atoms with van der Waals surface area (Å²) >= 11 is 1.35. The number of nitrogens with one attached hydrogen (secondary N) is 1. The van der Waals surface area contributed by atoms with Crippen LogP contribution < -0.4 is 10.2 Å². The van der Waals surface area contributed by atoms with Crippen molar-refractivity contribution in [2.45, 2.75) is 5.25 Å². The van der Waals surface area contributed by atoms with Gasteiger partial charge in [0.2, 0.25) is 11.8 Å². The van der Waals surface area contributed by atoms with Gasteiger partial charge in [-0.1, -0.05) is 42.5 Å². The largest absolute Gasteiger partial charge is 0.383 e. The van der Waals surface area contributed by atoms with Crippen LogP contribution in [0.4, 0.5) is 14.6 Å². The summed E-state index contributed by atoms with van der Waals surface area (Å²) in [4.78, 5) is 27.9. The van der Waals surface area contributed by atoms with Crippen molar-refractivity contribution in [2.75, 3.05) is 37.5 Å². The van der Waals surface area contributed by atoms with Gasteiger partial charge < -0.3 is 10.1 Å². The fourth-order valence-corrected chi connectivity index (χ4v) is 5.70. The second kappa shape index (κ2) is 11.8. The summed E-state index contributed by atoms with van der Waals surface area (Å²) in [6, 6.07) is 21.5. The molecule has 5 rings (SSSR count). The topological polar surface area (TPSA) is 76.5 Å². The number of methoxy groups -OCH3 is 1. The monoisotopic (exact) mass is 548 g/mol. The van der Waals surface area contributed by atoms with Crippen LogP contribution in [0.1, 0.15) is 16.4 Å². The normalized spacial score (nSPS) is 15.1. The van der Waals surface area contributed by atoms with Crippen molar-refractivity contribution >= 4 is 29.4 Å². The molecule has 1 N–H and O–H groups in total. The molecule has 200 valence electrons. The summed E-state index contributed by atoms with van der Waals surface area (Å²) in [7, 11) is 1.53. The number of rotatable bonds is 8. The third-order valence-electron chi connectivity index (χ3n) is 6.29. The van der Waals surface area contributed by atoms with Crippen LogP contribution >= 0.6 is 11.8 Å². The maximum atomic E-state index is 14.4. The van der Waals surface area contributed by atoms with Gasteiger partial charge >= 0.3 is 0 Å². The van der Waals surface area contributed by atoms with Crippen LogP contribution in [0.15, 0.2) is 78.9 Å². The van der Waals surface area contributed by atoms with Crippen molar-refractivity contribution in [1.82, 2.24) is 15.1 Å². The van der Waals surface area contributed by atoms with E-state index in [9.17, 15) is 18.4 Å². The number of ether oxygens (including phenoxy) is 1. The molecule has 0 spiro atoms. The second-order valence-corrected chi connectivity index (χ2v) is 10.0. The molecule has 1 atom stereocenters. The van der Waals surface area contributed by atoms with Crippen molar-refractivity contribution in [3.05, 3.63) is 102 Å². The van der Waals surface area contributed by atoms with Crippen LogP contribution in [-0.4, -0.2) is 54.2 Å². The number of carbonyl (C=O) groups is 2. The second-order valence-electron chi connectivity index (χ2n) is 8.91. The number of thioether (sulfide) groups is 1. The van der Waals surface area contributed by atoms with Gasteiger partial charge in [0.25, 0.3) is 0 Å². The van der Waals surface area contributed by atoms with Gasteiger partial charge in [-0.25, -0.2) is 13.5 Å². The molecule has 1 aliphatic rings. The zero-order chi connectivity index (χ0) is 27.4. The van der Waals surface area contributed by atoms with Crippen molar-refractivity contribution < 1.29 is 23.1 Å². The highest BCUT2D eigenvalue weighted by Gasteiger charge is 2.37. The minimum Gasteiger partial charge on any atom is -0.383 e. The summed E-state index contributed by atoms with van der Waals surface area (Å²) in [5.74, 6) is -1.05. The molecule has 3 aromatic carbocycles. The lowest BCUT2D eigenvalue weighted by Gasteiger charge is -2.23. The minimum atomic E-state index is -0.467. The Morgan fingerprint density at radius 3 is 2.54 bits per heavy atom. The van der Waals surface area contributed by atoms with E-state index in [2.05, 4.69) is 5.32 Å². The molecule has 2 heterocycles. The van der Waals surface area contributed by atoms with Crippen LogP contribution in [0.5, 0.6) is 0 Å². The average Bonchev–Trinajstić information content (AvgIpc) is 3.26. The zero-order valence-electron chi connectivity index (χ0n) is 21.1. The van der Waals surface area contributed by atoms with Gasteiger partial charge in [-0.2, -0.15) is 5.10 Å². The lowest BCUT2D eigenvalue weighted by atomic mass is 9.99. The summed E-state index contributed by atoms with van der Waals surface area (Å²) in [6.45, 7) is 0.360. The first kappa shape index (κ1) is 26.6. The van der Waals surface area contributed by atoms with Gasteiger partial charge in [0.05, 0.1) is 29.0 Å². The van der Waals surface area contributed by atoms with Crippen LogP contribution in [0, 0.1) is 11.6 Å². The third-order valence-corrected chi connectivity index (χ3v) is 7.54. The number of halogens is 2. The molecular formula is C29H26F2N4O3S. The number of fused-ring (bicyclic) bond motifs is 1. The number of amides is 2. The number of benzene rings is 3. The molecule has 0 saturated carbocycles. The Morgan fingerprint density at radius 2 is 1.82 bits per heavy atom. The number of nitrogens with zero attached hydrogens (tertiary/aromatic N) is 3. The lowest BCUT2D eigenvalue weighted by molar-refractivity contribution is -0.123. The van der Waals surface area contributed by atoms with E-state index in [1.54, 1.807) is 22.9 Å². The van der Waals surface area contributed by atoms with Crippen molar-refractivity contribution in [1.29, 1.82) is 0 Å². The molecule has 0 fully saturated rings. The van der Waals surface area contributed by atoms with Crippen molar-refractivity contribution in [3.63, 3.8) is 0 Å². The van der Waals surface area contributed by atoms with E-state index in [4.69, 9.17) is 9.84 Å². The van der Waals surface area contributed by atoms with Gasteiger partial charge in [-0.15, -0.1) is 11.8 Å². The highest BCUT2D eigenvalue weighted by Crippen LogP contribution is 2.48. The number of aromatic nitrogens is 2. The van der Waals surface area contributed by atoms with E-state index >= 15 is 0 Å². The Morgan fingerprint density at radius 1 is 1.05 bits per heavy atom. The fraction of sp³-hybridized carbons (Fsp3) is 0.207. The van der Waals surface area contributed by atoms with E-state index in [0.29, 0.717) is 34.9 Å². The first-order valence-electron chi connectivity index (χ1n) is 12.3. The SMILES string of the molecule is COCCNC(=O)CN1C(=O)CS[C@H](c2cccc(F)c2)c2c(-c3ccccc3)nn(-c3ccc(F)cc3)c21. The predicted molar refractivity (Wildman–Crippen MR) is 147 cm³/mol. The standard InChI is InChI=1S/C29H26F2N4O3S/c1-38-15-14-32-24(36)17-34-25(37)18-39-28(20-8-5-9-22(31)16-20)26-27(19-6-3-2-4-7-19)33-35(29(26)34)23-12-10-21(30)11-13-23/h2-13,16,28H,14-15,17-18H2,1H3,(H,32,36)/t28-/m1/s1. The number of anilines is 1. The quantitative estimate of drug-likeness (QED) is 0.322. The van der Waals surface area contributed by atoms with E-state index in [-0.39, 0.29) is 30.7 Å². The molecule has 1 aliphatic heterocycles. The highest BCUT2D eigenvalue weighted by molar-refractivity contribution is 8.00. The highest BCUT2D eigenvalue weighted by atomic mass is 32.2. The molecule has 39 heavy (non-hydrogen) atoms. The molecular weight excluding hydrogens is 522 g/mol. The first-order chi connectivity index (χ1) is 19.0. The molecule has 0 saturated heterocycles. The molecule has 0 aliphatic carbocycles. The van der Waals surface area contributed by atoms with Crippen LogP contribution in [0.2, 0.25) is 0 Å². The first-order valence-corrected chi connectivity index (χ1v) is 13.4. The van der Waals surface area contributed by atoms with Gasteiger partial charge in [0.1, 0.15) is 24.0 Å². The fourth-order valence-electron chi connectivity index (χ4n) is 4.52. The summed E-state index contributed by atoms with van der Waals surface area (Å²) in [5, 5.41) is 7.21. The Bertz CT molecular complexity index is 1480. The Balaban J connectivity index is 1.75. The molecule has 0 bridgehead atoms. The van der Waals surface area contributed by atoms with Crippen molar-refractivity contribution in [2.24, 2.45) is 0 Å². The van der Waals surface area contributed by atoms with Crippen LogP contribution in [0.3, 0.4) is 0 Å². The maximum absolute atomic E-state index is 14.4.